The Balaban J connectivity index is 2.67. The smallest absolute Gasteiger partial charge is 0.261 e. The molecule has 0 saturated carbocycles. The van der Waals surface area contributed by atoms with Gasteiger partial charge in [-0.05, 0) is 49.9 Å². The van der Waals surface area contributed by atoms with E-state index in [0.29, 0.717) is 13.0 Å². The zero-order valence-corrected chi connectivity index (χ0v) is 11.7. The van der Waals surface area contributed by atoms with E-state index in [1.165, 1.54) is 11.1 Å². The van der Waals surface area contributed by atoms with Crippen molar-refractivity contribution in [1.29, 1.82) is 0 Å². The van der Waals surface area contributed by atoms with E-state index in [9.17, 15) is 4.79 Å². The molecule has 100 valence electrons. The molecule has 1 N–H and O–H groups in total. The molecule has 1 atom stereocenters. The van der Waals surface area contributed by atoms with Crippen molar-refractivity contribution in [3.8, 4) is 5.75 Å². The summed E-state index contributed by atoms with van der Waals surface area (Å²) in [6.45, 7) is 8.79. The molecule has 18 heavy (non-hydrogen) atoms. The molecule has 0 spiro atoms. The van der Waals surface area contributed by atoms with Crippen molar-refractivity contribution in [3.05, 3.63) is 29.3 Å². The molecule has 0 aliphatic carbocycles. The van der Waals surface area contributed by atoms with Gasteiger partial charge in [0.25, 0.3) is 5.91 Å². The first-order valence-corrected chi connectivity index (χ1v) is 6.60. The number of nitrogens with one attached hydrogen (secondary N) is 1. The maximum Gasteiger partial charge on any atom is 0.261 e. The summed E-state index contributed by atoms with van der Waals surface area (Å²) in [6.07, 6.45) is 1.20. The monoisotopic (exact) mass is 249 g/mol. The molecule has 0 heterocycles. The minimum absolute atomic E-state index is 0.0300. The Morgan fingerprint density at radius 2 is 2.00 bits per heavy atom. The quantitative estimate of drug-likeness (QED) is 0.841. The summed E-state index contributed by atoms with van der Waals surface area (Å²) in [5.74, 6) is 0.731. The standard InChI is InChI=1S/C15H23NO2/c1-5-9-16-15(17)14(6-2)18-13-8-7-11(3)12(4)10-13/h7-8,10,14H,5-6,9H2,1-4H3,(H,16,17)/t14-/m1/s1. The highest BCUT2D eigenvalue weighted by Crippen LogP contribution is 2.18. The predicted molar refractivity (Wildman–Crippen MR) is 73.9 cm³/mol. The van der Waals surface area contributed by atoms with Crippen molar-refractivity contribution in [3.63, 3.8) is 0 Å². The molecule has 0 radical (unpaired) electrons. The highest BCUT2D eigenvalue weighted by Gasteiger charge is 2.17. The second-order valence-corrected chi connectivity index (χ2v) is 4.55. The van der Waals surface area contributed by atoms with Gasteiger partial charge in [-0.15, -0.1) is 0 Å². The van der Waals surface area contributed by atoms with Gasteiger partial charge in [-0.2, -0.15) is 0 Å². The van der Waals surface area contributed by atoms with Crippen LogP contribution in [0.5, 0.6) is 5.75 Å². The normalized spacial score (nSPS) is 12.0. The summed E-state index contributed by atoms with van der Waals surface area (Å²) in [5, 5.41) is 2.87. The van der Waals surface area contributed by atoms with Gasteiger partial charge in [0.2, 0.25) is 0 Å². The van der Waals surface area contributed by atoms with Crippen LogP contribution in [0.15, 0.2) is 18.2 Å². The maximum absolute atomic E-state index is 11.9. The number of carbonyl (C=O) groups is 1. The van der Waals surface area contributed by atoms with Crippen LogP contribution < -0.4 is 10.1 Å². The Morgan fingerprint density at radius 3 is 2.56 bits per heavy atom. The number of amides is 1. The van der Waals surface area contributed by atoms with Gasteiger partial charge in [0, 0.05) is 6.54 Å². The summed E-state index contributed by atoms with van der Waals surface area (Å²) < 4.78 is 5.75. The zero-order chi connectivity index (χ0) is 13.5. The largest absolute Gasteiger partial charge is 0.481 e. The third-order valence-electron chi connectivity index (χ3n) is 2.97. The van der Waals surface area contributed by atoms with Crippen LogP contribution in [0, 0.1) is 13.8 Å². The molecule has 0 saturated heterocycles. The summed E-state index contributed by atoms with van der Waals surface area (Å²) in [4.78, 5) is 11.9. The number of hydrogen-bond acceptors (Lipinski definition) is 2. The molecule has 1 aromatic carbocycles. The Morgan fingerprint density at radius 1 is 1.28 bits per heavy atom. The molecule has 3 nitrogen and oxygen atoms in total. The summed E-state index contributed by atoms with van der Waals surface area (Å²) in [6, 6.07) is 5.91. The third kappa shape index (κ3) is 4.06. The van der Waals surface area contributed by atoms with Gasteiger partial charge in [-0.25, -0.2) is 0 Å². The van der Waals surface area contributed by atoms with E-state index in [0.717, 1.165) is 12.2 Å². The topological polar surface area (TPSA) is 38.3 Å². The van der Waals surface area contributed by atoms with Crippen molar-refractivity contribution in [2.45, 2.75) is 46.6 Å². The van der Waals surface area contributed by atoms with E-state index in [1.807, 2.05) is 39.0 Å². The highest BCUT2D eigenvalue weighted by molar-refractivity contribution is 5.81. The molecule has 0 aromatic heterocycles. The van der Waals surface area contributed by atoms with Crippen LogP contribution in [0.2, 0.25) is 0 Å². The van der Waals surface area contributed by atoms with E-state index in [2.05, 4.69) is 12.2 Å². The van der Waals surface area contributed by atoms with Gasteiger partial charge in [0.15, 0.2) is 6.10 Å². The van der Waals surface area contributed by atoms with Crippen molar-refractivity contribution >= 4 is 5.91 Å². The van der Waals surface area contributed by atoms with Crippen molar-refractivity contribution in [2.24, 2.45) is 0 Å². The van der Waals surface area contributed by atoms with Crippen LogP contribution in [0.3, 0.4) is 0 Å². The van der Waals surface area contributed by atoms with Gasteiger partial charge in [0.1, 0.15) is 5.75 Å². The fourth-order valence-corrected chi connectivity index (χ4v) is 1.64. The van der Waals surface area contributed by atoms with Crippen LogP contribution in [0.1, 0.15) is 37.8 Å². The molecule has 1 amide bonds. The molecule has 3 heteroatoms. The first-order chi connectivity index (χ1) is 8.58. The summed E-state index contributed by atoms with van der Waals surface area (Å²) >= 11 is 0. The number of ether oxygens (including phenoxy) is 1. The second kappa shape index (κ2) is 7.04. The molecular weight excluding hydrogens is 226 g/mol. The zero-order valence-electron chi connectivity index (χ0n) is 11.7. The lowest BCUT2D eigenvalue weighted by atomic mass is 10.1. The lowest BCUT2D eigenvalue weighted by Gasteiger charge is -2.17. The summed E-state index contributed by atoms with van der Waals surface area (Å²) in [7, 11) is 0. The molecule has 0 fully saturated rings. The minimum Gasteiger partial charge on any atom is -0.481 e. The summed E-state index contributed by atoms with van der Waals surface area (Å²) in [5.41, 5.74) is 2.40. The molecule has 0 bridgehead atoms. The Hall–Kier alpha value is -1.51. The first-order valence-electron chi connectivity index (χ1n) is 6.60. The van der Waals surface area contributed by atoms with Gasteiger partial charge >= 0.3 is 0 Å². The average molecular weight is 249 g/mol. The van der Waals surface area contributed by atoms with E-state index in [4.69, 9.17) is 4.74 Å². The Labute approximate surface area is 110 Å². The number of rotatable bonds is 6. The van der Waals surface area contributed by atoms with Gasteiger partial charge in [-0.3, -0.25) is 4.79 Å². The Bertz CT molecular complexity index is 401. The van der Waals surface area contributed by atoms with Crippen molar-refractivity contribution in [1.82, 2.24) is 5.32 Å². The lowest BCUT2D eigenvalue weighted by molar-refractivity contribution is -0.128. The van der Waals surface area contributed by atoms with Crippen LogP contribution in [0.25, 0.3) is 0 Å². The molecule has 1 rings (SSSR count). The van der Waals surface area contributed by atoms with Crippen molar-refractivity contribution < 1.29 is 9.53 Å². The van der Waals surface area contributed by atoms with E-state index in [1.54, 1.807) is 0 Å². The number of aryl methyl sites for hydroxylation is 2. The van der Waals surface area contributed by atoms with Crippen LogP contribution in [0.4, 0.5) is 0 Å². The Kier molecular flexibility index (Phi) is 5.69. The van der Waals surface area contributed by atoms with E-state index >= 15 is 0 Å². The van der Waals surface area contributed by atoms with Crippen LogP contribution in [-0.2, 0) is 4.79 Å². The fourth-order valence-electron chi connectivity index (χ4n) is 1.64. The van der Waals surface area contributed by atoms with Gasteiger partial charge < -0.3 is 10.1 Å². The molecule has 0 unspecified atom stereocenters. The number of carbonyl (C=O) groups excluding carboxylic acids is 1. The number of benzene rings is 1. The van der Waals surface area contributed by atoms with E-state index in [-0.39, 0.29) is 5.91 Å². The minimum atomic E-state index is -0.404. The fraction of sp³-hybridized carbons (Fsp3) is 0.533. The second-order valence-electron chi connectivity index (χ2n) is 4.55. The molecule has 0 aliphatic heterocycles. The van der Waals surface area contributed by atoms with Crippen LogP contribution >= 0.6 is 0 Å². The van der Waals surface area contributed by atoms with Gasteiger partial charge in [0.05, 0.1) is 0 Å². The first kappa shape index (κ1) is 14.6. The third-order valence-corrected chi connectivity index (χ3v) is 2.97. The maximum atomic E-state index is 11.9. The number of hydrogen-bond donors (Lipinski definition) is 1. The van der Waals surface area contributed by atoms with E-state index < -0.39 is 6.10 Å². The SMILES string of the molecule is CCCNC(=O)[C@@H](CC)Oc1ccc(C)c(C)c1. The lowest BCUT2D eigenvalue weighted by Crippen LogP contribution is -2.38. The van der Waals surface area contributed by atoms with Crippen LogP contribution in [-0.4, -0.2) is 18.6 Å². The van der Waals surface area contributed by atoms with Gasteiger partial charge in [-0.1, -0.05) is 19.9 Å². The molecular formula is C15H23NO2. The molecule has 0 aliphatic rings. The average Bonchev–Trinajstić information content (AvgIpc) is 2.37. The van der Waals surface area contributed by atoms with Crippen molar-refractivity contribution in [2.75, 3.05) is 6.54 Å². The highest BCUT2D eigenvalue weighted by atomic mass is 16.5. The predicted octanol–water partition coefficient (Wildman–Crippen LogP) is 2.99. The molecule has 1 aromatic rings.